The van der Waals surface area contributed by atoms with Gasteiger partial charge in [0.15, 0.2) is 5.60 Å². The highest BCUT2D eigenvalue weighted by atomic mass is 16.4. The average Bonchev–Trinajstić information content (AvgIpc) is 3.33. The number of benzene rings is 1. The van der Waals surface area contributed by atoms with Gasteiger partial charge in [-0.05, 0) is 45.2 Å². The Morgan fingerprint density at radius 2 is 1.65 bits per heavy atom. The third-order valence-corrected chi connectivity index (χ3v) is 5.00. The number of aliphatic carboxylic acids is 3. The summed E-state index contributed by atoms with van der Waals surface area (Å²) in [6.45, 7) is 6.16. The molecule has 0 fully saturated rings. The van der Waals surface area contributed by atoms with Gasteiger partial charge in [0.05, 0.1) is 30.4 Å². The first kappa shape index (κ1) is 26.6. The van der Waals surface area contributed by atoms with E-state index in [2.05, 4.69) is 64.7 Å². The normalized spacial score (nSPS) is 11.5. The molecule has 1 aromatic carbocycles. The molecule has 2 heterocycles. The molecule has 0 bridgehead atoms. The lowest BCUT2D eigenvalue weighted by molar-refractivity contribution is -0.170. The van der Waals surface area contributed by atoms with E-state index in [4.69, 9.17) is 20.4 Å². The number of rotatable bonds is 10. The molecule has 5 N–H and O–H groups in total. The Morgan fingerprint density at radius 1 is 1.03 bits per heavy atom. The number of hydrogen-bond acceptors (Lipinski definition) is 6. The van der Waals surface area contributed by atoms with E-state index >= 15 is 0 Å². The van der Waals surface area contributed by atoms with Crippen molar-refractivity contribution in [3.8, 4) is 0 Å². The maximum atomic E-state index is 10.3. The number of carboxylic acids is 3. The number of hydrogen-bond donors (Lipinski definition) is 5. The second-order valence-corrected chi connectivity index (χ2v) is 8.35. The Hall–Kier alpha value is -3.70. The minimum atomic E-state index is -2.74. The van der Waals surface area contributed by atoms with E-state index in [1.807, 2.05) is 18.2 Å². The van der Waals surface area contributed by atoms with Crippen molar-refractivity contribution >= 4 is 28.9 Å². The molecule has 0 saturated heterocycles. The van der Waals surface area contributed by atoms with Gasteiger partial charge in [-0.2, -0.15) is 0 Å². The number of carbonyl (C=O) groups is 3. The zero-order chi connectivity index (χ0) is 25.5. The van der Waals surface area contributed by atoms with Crippen LogP contribution in [0.4, 0.5) is 0 Å². The van der Waals surface area contributed by atoms with Crippen LogP contribution in [0.5, 0.6) is 0 Å². The van der Waals surface area contributed by atoms with Crippen LogP contribution in [0.3, 0.4) is 0 Å². The first-order valence-corrected chi connectivity index (χ1v) is 10.6. The highest BCUT2D eigenvalue weighted by molar-refractivity contribution is 5.88. The summed E-state index contributed by atoms with van der Waals surface area (Å²) in [4.78, 5) is 40.8. The number of nitrogens with zero attached hydrogens (tertiary/aromatic N) is 3. The van der Waals surface area contributed by atoms with Gasteiger partial charge in [0.1, 0.15) is 5.82 Å². The van der Waals surface area contributed by atoms with Crippen LogP contribution >= 0.6 is 0 Å². The zero-order valence-corrected chi connectivity index (χ0v) is 19.3. The quantitative estimate of drug-likeness (QED) is 0.296. The van der Waals surface area contributed by atoms with Crippen LogP contribution in [-0.2, 0) is 27.5 Å². The van der Waals surface area contributed by atoms with Crippen molar-refractivity contribution in [3.05, 3.63) is 54.1 Å². The van der Waals surface area contributed by atoms with E-state index in [1.165, 1.54) is 5.69 Å². The van der Waals surface area contributed by atoms with Crippen LogP contribution in [-0.4, -0.2) is 70.4 Å². The number of imidazole rings is 1. The molecule has 0 unspecified atom stereocenters. The minimum absolute atomic E-state index is 0.495. The average molecular weight is 475 g/mol. The highest BCUT2D eigenvalue weighted by Gasteiger charge is 2.40. The van der Waals surface area contributed by atoms with Crippen LogP contribution in [0.25, 0.3) is 11.0 Å². The first-order valence-electron chi connectivity index (χ1n) is 10.6. The van der Waals surface area contributed by atoms with Crippen molar-refractivity contribution < 1.29 is 34.8 Å². The molecular formula is C23H30N4O7. The van der Waals surface area contributed by atoms with Gasteiger partial charge in [-0.15, -0.1) is 0 Å². The summed E-state index contributed by atoms with van der Waals surface area (Å²) in [5.41, 5.74) is 0.735. The first-order chi connectivity index (χ1) is 15.9. The molecule has 34 heavy (non-hydrogen) atoms. The Kier molecular flexibility index (Phi) is 8.93. The molecule has 0 aliphatic carbocycles. The third-order valence-electron chi connectivity index (χ3n) is 5.00. The smallest absolute Gasteiger partial charge is 0.336 e. The number of aromatic amines is 1. The Bertz CT molecular complexity index is 1090. The minimum Gasteiger partial charge on any atom is -0.481 e. The van der Waals surface area contributed by atoms with Crippen molar-refractivity contribution in [1.82, 2.24) is 19.4 Å². The lowest BCUT2D eigenvalue weighted by Crippen LogP contribution is -2.42. The fraction of sp³-hybridized carbons (Fsp3) is 0.391. The van der Waals surface area contributed by atoms with Gasteiger partial charge in [0.2, 0.25) is 0 Å². The molecule has 3 rings (SSSR count). The van der Waals surface area contributed by atoms with Crippen LogP contribution in [0.1, 0.15) is 44.2 Å². The Morgan fingerprint density at radius 3 is 2.18 bits per heavy atom. The van der Waals surface area contributed by atoms with Gasteiger partial charge in [0, 0.05) is 24.5 Å². The lowest BCUT2D eigenvalue weighted by atomic mass is 9.96. The number of fused-ring (bicyclic) bond motifs is 1. The fourth-order valence-corrected chi connectivity index (χ4v) is 3.45. The fourth-order valence-electron chi connectivity index (χ4n) is 3.45. The topological polar surface area (TPSA) is 169 Å². The molecule has 0 radical (unpaired) electrons. The van der Waals surface area contributed by atoms with E-state index in [0.29, 0.717) is 6.04 Å². The number of nitrogens with one attached hydrogen (secondary N) is 1. The largest absolute Gasteiger partial charge is 0.481 e. The van der Waals surface area contributed by atoms with E-state index in [9.17, 15) is 14.4 Å². The number of carboxylic acid groups (broad SMARTS) is 3. The molecular weight excluding hydrogens is 444 g/mol. The van der Waals surface area contributed by atoms with Crippen molar-refractivity contribution in [2.75, 3.05) is 7.05 Å². The Balaban J connectivity index is 0.000000273. The van der Waals surface area contributed by atoms with Crippen LogP contribution in [0, 0.1) is 0 Å². The molecule has 0 spiro atoms. The molecule has 0 aliphatic rings. The number of aliphatic hydroxyl groups is 1. The van der Waals surface area contributed by atoms with Gasteiger partial charge in [-0.3, -0.25) is 14.5 Å². The maximum absolute atomic E-state index is 10.3. The summed E-state index contributed by atoms with van der Waals surface area (Å²) >= 11 is 0. The molecule has 11 heteroatoms. The number of para-hydroxylation sites is 2. The second kappa shape index (κ2) is 11.4. The SMILES string of the molecule is CC(C)n1cccc1CN(C)Cc1nc2ccccc2[nH]1.O=C(O)CC(O)(CC(=O)O)C(=O)O. The predicted molar refractivity (Wildman–Crippen MR) is 123 cm³/mol. The van der Waals surface area contributed by atoms with Gasteiger partial charge in [0.25, 0.3) is 0 Å². The van der Waals surface area contributed by atoms with Gasteiger partial charge >= 0.3 is 17.9 Å². The second-order valence-electron chi connectivity index (χ2n) is 8.35. The summed E-state index contributed by atoms with van der Waals surface area (Å²) in [5.74, 6) is -4.00. The molecule has 11 nitrogen and oxygen atoms in total. The van der Waals surface area contributed by atoms with Crippen LogP contribution in [0.2, 0.25) is 0 Å². The van der Waals surface area contributed by atoms with Crippen LogP contribution in [0.15, 0.2) is 42.6 Å². The summed E-state index contributed by atoms with van der Waals surface area (Å²) in [7, 11) is 2.13. The monoisotopic (exact) mass is 474 g/mol. The summed E-state index contributed by atoms with van der Waals surface area (Å²) in [6.07, 6.45) is -0.141. The van der Waals surface area contributed by atoms with Gasteiger partial charge in [-0.25, -0.2) is 9.78 Å². The van der Waals surface area contributed by atoms with Gasteiger partial charge in [-0.1, -0.05) is 12.1 Å². The van der Waals surface area contributed by atoms with Crippen molar-refractivity contribution in [2.24, 2.45) is 0 Å². The Labute approximate surface area is 196 Å². The molecule has 3 aromatic rings. The number of H-pyrrole nitrogens is 1. The van der Waals surface area contributed by atoms with Crippen molar-refractivity contribution in [1.29, 1.82) is 0 Å². The van der Waals surface area contributed by atoms with Crippen molar-refractivity contribution in [3.63, 3.8) is 0 Å². The molecule has 0 atom stereocenters. The number of aromatic nitrogens is 3. The molecule has 0 saturated carbocycles. The summed E-state index contributed by atoms with van der Waals surface area (Å²) < 4.78 is 2.31. The van der Waals surface area contributed by atoms with E-state index in [1.54, 1.807) is 0 Å². The summed E-state index contributed by atoms with van der Waals surface area (Å²) in [6, 6.07) is 13.0. The highest BCUT2D eigenvalue weighted by Crippen LogP contribution is 2.16. The van der Waals surface area contributed by atoms with E-state index < -0.39 is 36.4 Å². The van der Waals surface area contributed by atoms with E-state index in [0.717, 1.165) is 29.9 Å². The zero-order valence-electron chi connectivity index (χ0n) is 19.3. The molecule has 0 aliphatic heterocycles. The molecule has 184 valence electrons. The van der Waals surface area contributed by atoms with Crippen molar-refractivity contribution in [2.45, 2.75) is 51.4 Å². The molecule has 0 amide bonds. The third kappa shape index (κ3) is 7.42. The predicted octanol–water partition coefficient (Wildman–Crippen LogP) is 2.33. The summed E-state index contributed by atoms with van der Waals surface area (Å²) in [5, 5.41) is 33.8. The molecule has 2 aromatic heterocycles. The lowest BCUT2D eigenvalue weighted by Gasteiger charge is -2.19. The van der Waals surface area contributed by atoms with Crippen LogP contribution < -0.4 is 0 Å². The standard InChI is InChI=1S/C17H22N4.C6H8O7/c1-13(2)21-10-6-7-14(21)11-20(3)12-17-18-15-8-4-5-9-16(15)19-17;7-3(8)1-6(13,5(11)12)2-4(9)10/h4-10,13H,11-12H2,1-3H3,(H,18,19);13H,1-2H2,(H,7,8)(H,9,10)(H,11,12). The van der Waals surface area contributed by atoms with E-state index in [-0.39, 0.29) is 0 Å². The van der Waals surface area contributed by atoms with Gasteiger partial charge < -0.3 is 30.0 Å². The maximum Gasteiger partial charge on any atom is 0.336 e.